The average Bonchev–Trinajstić information content (AvgIpc) is 3.49. The number of anilines is 2. The van der Waals surface area contributed by atoms with Gasteiger partial charge in [0, 0.05) is 24.6 Å². The molecule has 0 aromatic heterocycles. The molecule has 1 aliphatic carbocycles. The first-order valence-corrected chi connectivity index (χ1v) is 14.3. The molecule has 2 aliphatic rings. The van der Waals surface area contributed by atoms with E-state index in [1.54, 1.807) is 0 Å². The maximum absolute atomic E-state index is 13.6. The summed E-state index contributed by atoms with van der Waals surface area (Å²) in [6.45, 7) is 0.933. The van der Waals surface area contributed by atoms with Crippen molar-refractivity contribution in [1.29, 1.82) is 0 Å². The fourth-order valence-corrected chi connectivity index (χ4v) is 6.04. The summed E-state index contributed by atoms with van der Waals surface area (Å²) < 4.78 is 0. The van der Waals surface area contributed by atoms with Crippen molar-refractivity contribution in [1.82, 2.24) is 5.43 Å². The molecule has 0 spiro atoms. The first kappa shape index (κ1) is 27.6. The number of benzene rings is 3. The Balaban J connectivity index is 1.28. The maximum Gasteiger partial charge on any atom is 0.303 e. The van der Waals surface area contributed by atoms with Crippen LogP contribution in [0, 0.1) is 11.8 Å². The smallest absolute Gasteiger partial charge is 0.303 e. The average molecular weight is 540 g/mol. The van der Waals surface area contributed by atoms with Gasteiger partial charge >= 0.3 is 5.97 Å². The van der Waals surface area contributed by atoms with E-state index in [0.29, 0.717) is 31.6 Å². The number of hydrazine groups is 1. The highest BCUT2D eigenvalue weighted by atomic mass is 16.4. The monoisotopic (exact) mass is 539 g/mol. The summed E-state index contributed by atoms with van der Waals surface area (Å²) >= 11 is 0. The van der Waals surface area contributed by atoms with E-state index in [1.807, 2.05) is 54.6 Å². The van der Waals surface area contributed by atoms with E-state index in [1.165, 1.54) is 0 Å². The number of carbonyl (C=O) groups excluding carboxylic acids is 2. The number of Topliss-reactive ketones (excluding diaryl/α,β-unsaturated/α-hetero) is 1. The van der Waals surface area contributed by atoms with Gasteiger partial charge in [-0.05, 0) is 72.6 Å². The molecule has 208 valence electrons. The van der Waals surface area contributed by atoms with E-state index < -0.39 is 5.97 Å². The zero-order chi connectivity index (χ0) is 27.9. The molecule has 3 N–H and O–H groups in total. The van der Waals surface area contributed by atoms with E-state index in [9.17, 15) is 14.4 Å². The Hall–Kier alpha value is -3.97. The maximum atomic E-state index is 13.6. The number of rotatable bonds is 10. The van der Waals surface area contributed by atoms with E-state index in [0.717, 1.165) is 48.1 Å². The quantitative estimate of drug-likeness (QED) is 0.321. The van der Waals surface area contributed by atoms with Gasteiger partial charge in [0.15, 0.2) is 5.78 Å². The fourth-order valence-electron chi connectivity index (χ4n) is 6.04. The molecular weight excluding hydrogens is 502 g/mol. The first-order valence-electron chi connectivity index (χ1n) is 14.3. The molecule has 0 bridgehead atoms. The van der Waals surface area contributed by atoms with Crippen molar-refractivity contribution in [2.75, 3.05) is 23.4 Å². The lowest BCUT2D eigenvalue weighted by molar-refractivity contribution is -0.137. The van der Waals surface area contributed by atoms with E-state index in [2.05, 4.69) is 40.0 Å². The predicted molar refractivity (Wildman–Crippen MR) is 156 cm³/mol. The van der Waals surface area contributed by atoms with Gasteiger partial charge in [0.05, 0.1) is 18.2 Å². The molecule has 1 aliphatic heterocycles. The Labute approximate surface area is 235 Å². The third-order valence-electron chi connectivity index (χ3n) is 8.17. The van der Waals surface area contributed by atoms with Crippen LogP contribution in [-0.2, 0) is 27.2 Å². The highest BCUT2D eigenvalue weighted by molar-refractivity contribution is 5.96. The Morgan fingerprint density at radius 1 is 0.950 bits per heavy atom. The summed E-state index contributed by atoms with van der Waals surface area (Å²) in [7, 11) is 0. The highest BCUT2D eigenvalue weighted by Crippen LogP contribution is 2.38. The van der Waals surface area contributed by atoms with Gasteiger partial charge in [0.2, 0.25) is 5.91 Å². The second kappa shape index (κ2) is 12.9. The summed E-state index contributed by atoms with van der Waals surface area (Å²) in [5.74, 6) is -0.723. The minimum absolute atomic E-state index is 0.0259. The van der Waals surface area contributed by atoms with Gasteiger partial charge in [-0.15, -0.1) is 0 Å². The summed E-state index contributed by atoms with van der Waals surface area (Å²) in [6.07, 6.45) is 5.46. The van der Waals surface area contributed by atoms with Gasteiger partial charge in [-0.2, -0.15) is 0 Å². The van der Waals surface area contributed by atoms with Crippen LogP contribution in [0.4, 0.5) is 11.4 Å². The zero-order valence-electron chi connectivity index (χ0n) is 22.7. The SMILES string of the molecule is O=C(O)CCc1cccc(NC(=O)C(c2ccc(CC3CN(c4ccccc4)NCC3=O)cc2)C2CCCC2)c1. The van der Waals surface area contributed by atoms with E-state index >= 15 is 0 Å². The van der Waals surface area contributed by atoms with Crippen molar-refractivity contribution in [3.63, 3.8) is 0 Å². The molecule has 7 nitrogen and oxygen atoms in total. The third-order valence-corrected chi connectivity index (χ3v) is 8.17. The van der Waals surface area contributed by atoms with Gasteiger partial charge < -0.3 is 15.4 Å². The van der Waals surface area contributed by atoms with Crippen LogP contribution in [-0.4, -0.2) is 35.9 Å². The fraction of sp³-hybridized carbons (Fsp3) is 0.364. The summed E-state index contributed by atoms with van der Waals surface area (Å²) in [6, 6.07) is 25.8. The van der Waals surface area contributed by atoms with Crippen molar-refractivity contribution in [2.24, 2.45) is 11.8 Å². The molecule has 40 heavy (non-hydrogen) atoms. The van der Waals surface area contributed by atoms with Crippen LogP contribution < -0.4 is 15.8 Å². The number of nitrogens with zero attached hydrogens (tertiary/aromatic N) is 1. The first-order chi connectivity index (χ1) is 19.5. The van der Waals surface area contributed by atoms with Crippen molar-refractivity contribution in [3.8, 4) is 0 Å². The van der Waals surface area contributed by atoms with Crippen molar-refractivity contribution < 1.29 is 19.5 Å². The molecule has 1 heterocycles. The van der Waals surface area contributed by atoms with Crippen LogP contribution in [0.15, 0.2) is 78.9 Å². The van der Waals surface area contributed by atoms with E-state index in [4.69, 9.17) is 5.11 Å². The Kier molecular flexibility index (Phi) is 8.91. The number of hydrogen-bond acceptors (Lipinski definition) is 5. The van der Waals surface area contributed by atoms with Gasteiger partial charge in [-0.3, -0.25) is 14.4 Å². The number of hydrogen-bond donors (Lipinski definition) is 3. The normalized spacial score (nSPS) is 18.4. The molecule has 1 saturated heterocycles. The zero-order valence-corrected chi connectivity index (χ0v) is 22.7. The number of carbonyl (C=O) groups is 3. The molecule has 2 unspecified atom stereocenters. The number of para-hydroxylation sites is 1. The van der Waals surface area contributed by atoms with Crippen LogP contribution in [0.25, 0.3) is 0 Å². The van der Waals surface area contributed by atoms with Crippen LogP contribution in [0.5, 0.6) is 0 Å². The Morgan fingerprint density at radius 3 is 2.42 bits per heavy atom. The van der Waals surface area contributed by atoms with Crippen molar-refractivity contribution >= 4 is 29.0 Å². The van der Waals surface area contributed by atoms with Crippen LogP contribution in [0.2, 0.25) is 0 Å². The van der Waals surface area contributed by atoms with Gasteiger partial charge in [0.1, 0.15) is 0 Å². The topological polar surface area (TPSA) is 98.7 Å². The number of nitrogens with one attached hydrogen (secondary N) is 2. The lowest BCUT2D eigenvalue weighted by Gasteiger charge is -2.34. The Morgan fingerprint density at radius 2 is 1.70 bits per heavy atom. The molecule has 3 aromatic carbocycles. The van der Waals surface area contributed by atoms with Gasteiger partial charge in [0.25, 0.3) is 0 Å². The molecule has 3 aromatic rings. The lowest BCUT2D eigenvalue weighted by atomic mass is 9.83. The van der Waals surface area contributed by atoms with Crippen LogP contribution in [0.3, 0.4) is 0 Å². The number of aliphatic carboxylic acids is 1. The molecule has 2 fully saturated rings. The lowest BCUT2D eigenvalue weighted by Crippen LogP contribution is -2.52. The van der Waals surface area contributed by atoms with Crippen molar-refractivity contribution in [2.45, 2.75) is 50.9 Å². The third kappa shape index (κ3) is 6.96. The van der Waals surface area contributed by atoms with Crippen molar-refractivity contribution in [3.05, 3.63) is 95.6 Å². The molecule has 1 amide bonds. The largest absolute Gasteiger partial charge is 0.481 e. The van der Waals surface area contributed by atoms with E-state index in [-0.39, 0.29) is 35.9 Å². The number of aryl methyl sites for hydroxylation is 1. The van der Waals surface area contributed by atoms with Gasteiger partial charge in [-0.25, -0.2) is 5.43 Å². The standard InChI is InChI=1S/C33H37N3O4/c37-30-21-34-36(29-11-2-1-3-12-29)22-27(30)19-24-13-16-26(17-14-24)32(25-8-4-5-9-25)33(40)35-28-10-6-7-23(20-28)15-18-31(38)39/h1-3,6-7,10-14,16-17,20,25,27,32,34H,4-5,8-9,15,18-19,21-22H2,(H,35,40)(H,38,39). The van der Waals surface area contributed by atoms with Crippen LogP contribution in [0.1, 0.15) is 54.7 Å². The molecule has 1 saturated carbocycles. The number of carboxylic acid groups (broad SMARTS) is 1. The highest BCUT2D eigenvalue weighted by Gasteiger charge is 2.32. The molecule has 5 rings (SSSR count). The summed E-state index contributed by atoms with van der Waals surface area (Å²) in [5, 5.41) is 14.2. The molecule has 0 radical (unpaired) electrons. The molecular formula is C33H37N3O4. The molecule has 7 heteroatoms. The number of amides is 1. The predicted octanol–water partition coefficient (Wildman–Crippen LogP) is 5.37. The summed E-state index contributed by atoms with van der Waals surface area (Å²) in [4.78, 5) is 37.3. The Bertz CT molecular complexity index is 1320. The number of ketones is 1. The summed E-state index contributed by atoms with van der Waals surface area (Å²) in [5.41, 5.74) is 7.94. The van der Waals surface area contributed by atoms with Crippen LogP contribution >= 0.6 is 0 Å². The second-order valence-corrected chi connectivity index (χ2v) is 11.0. The minimum atomic E-state index is -0.836. The second-order valence-electron chi connectivity index (χ2n) is 11.0. The minimum Gasteiger partial charge on any atom is -0.481 e. The number of carboxylic acids is 1. The van der Waals surface area contributed by atoms with Gasteiger partial charge in [-0.1, -0.05) is 67.4 Å². The molecule has 2 atom stereocenters.